The molecule has 1 unspecified atom stereocenters. The first-order chi connectivity index (χ1) is 6.88. The first-order valence-electron chi connectivity index (χ1n) is 5.05. The molecule has 0 aromatic carbocycles. The third-order valence-corrected chi connectivity index (χ3v) is 2.96. The van der Waals surface area contributed by atoms with Crippen LogP contribution in [-0.2, 0) is 11.2 Å². The van der Waals surface area contributed by atoms with Crippen molar-refractivity contribution in [2.45, 2.75) is 32.2 Å². The fourth-order valence-electron chi connectivity index (χ4n) is 1.49. The van der Waals surface area contributed by atoms with Crippen molar-refractivity contribution in [3.63, 3.8) is 0 Å². The molecule has 0 amide bonds. The van der Waals surface area contributed by atoms with E-state index in [1.807, 2.05) is 0 Å². The van der Waals surface area contributed by atoms with Gasteiger partial charge in [-0.2, -0.15) is 4.37 Å². The molecular formula is C9H15N3OS. The lowest BCUT2D eigenvalue weighted by Crippen LogP contribution is -2.29. The number of rotatable bonds is 3. The van der Waals surface area contributed by atoms with Crippen molar-refractivity contribution < 1.29 is 4.74 Å². The topological polar surface area (TPSA) is 47.0 Å². The molecule has 1 aromatic heterocycles. The molecule has 0 spiro atoms. The molecule has 1 fully saturated rings. The maximum atomic E-state index is 5.38. The Kier molecular flexibility index (Phi) is 3.31. The Labute approximate surface area is 87.9 Å². The molecule has 1 atom stereocenters. The lowest BCUT2D eigenvalue weighted by molar-refractivity contribution is 0.0876. The van der Waals surface area contributed by atoms with Crippen LogP contribution in [0, 0.1) is 0 Å². The van der Waals surface area contributed by atoms with Crippen LogP contribution < -0.4 is 5.32 Å². The van der Waals surface area contributed by atoms with Gasteiger partial charge in [0, 0.05) is 24.6 Å². The van der Waals surface area contributed by atoms with Crippen LogP contribution in [0.2, 0.25) is 0 Å². The van der Waals surface area contributed by atoms with Crippen LogP contribution >= 0.6 is 11.5 Å². The normalized spacial score (nSPS) is 22.2. The number of nitrogens with zero attached hydrogens (tertiary/aromatic N) is 2. The number of hydrogen-bond acceptors (Lipinski definition) is 5. The summed E-state index contributed by atoms with van der Waals surface area (Å²) in [6, 6.07) is 0.418. The second kappa shape index (κ2) is 4.70. The molecular weight excluding hydrogens is 198 g/mol. The van der Waals surface area contributed by atoms with Gasteiger partial charge in [-0.25, -0.2) is 4.98 Å². The van der Waals surface area contributed by atoms with Crippen molar-refractivity contribution in [3.05, 3.63) is 5.82 Å². The Bertz CT molecular complexity index is 283. The fraction of sp³-hybridized carbons (Fsp3) is 0.778. The number of hydrogen-bond donors (Lipinski definition) is 1. The van der Waals surface area contributed by atoms with E-state index < -0.39 is 0 Å². The number of ether oxygens (including phenoxy) is 1. The van der Waals surface area contributed by atoms with Crippen molar-refractivity contribution in [2.75, 3.05) is 18.5 Å². The molecule has 0 radical (unpaired) electrons. The predicted molar refractivity (Wildman–Crippen MR) is 56.8 cm³/mol. The molecule has 1 aliphatic rings. The summed E-state index contributed by atoms with van der Waals surface area (Å²) in [5, 5.41) is 4.28. The van der Waals surface area contributed by atoms with E-state index in [-0.39, 0.29) is 0 Å². The quantitative estimate of drug-likeness (QED) is 0.830. The van der Waals surface area contributed by atoms with Gasteiger partial charge in [-0.15, -0.1) is 0 Å². The second-order valence-corrected chi connectivity index (χ2v) is 4.18. The van der Waals surface area contributed by atoms with Gasteiger partial charge < -0.3 is 10.1 Å². The second-order valence-electron chi connectivity index (χ2n) is 3.43. The average molecular weight is 213 g/mol. The maximum Gasteiger partial charge on any atom is 0.202 e. The number of aromatic nitrogens is 2. The largest absolute Gasteiger partial charge is 0.379 e. The van der Waals surface area contributed by atoms with Gasteiger partial charge in [0.2, 0.25) is 5.13 Å². The van der Waals surface area contributed by atoms with E-state index >= 15 is 0 Å². The van der Waals surface area contributed by atoms with Crippen LogP contribution in [0.1, 0.15) is 25.6 Å². The van der Waals surface area contributed by atoms with Crippen molar-refractivity contribution in [1.29, 1.82) is 0 Å². The average Bonchev–Trinajstić information content (AvgIpc) is 2.67. The molecule has 0 saturated carbocycles. The van der Waals surface area contributed by atoms with E-state index in [4.69, 9.17) is 4.74 Å². The molecule has 14 heavy (non-hydrogen) atoms. The molecule has 2 rings (SSSR count). The van der Waals surface area contributed by atoms with Gasteiger partial charge in [0.1, 0.15) is 5.82 Å². The summed E-state index contributed by atoms with van der Waals surface area (Å²) in [7, 11) is 0. The Balaban J connectivity index is 1.89. The first kappa shape index (κ1) is 9.86. The summed E-state index contributed by atoms with van der Waals surface area (Å²) < 4.78 is 9.61. The Hall–Kier alpha value is -0.680. The zero-order valence-corrected chi connectivity index (χ0v) is 9.14. The van der Waals surface area contributed by atoms with Crippen LogP contribution in [0.5, 0.6) is 0 Å². The molecule has 1 aliphatic heterocycles. The minimum atomic E-state index is 0.418. The van der Waals surface area contributed by atoms with Crippen LogP contribution in [0.3, 0.4) is 0 Å². The predicted octanol–water partition coefficient (Wildman–Crippen LogP) is 1.69. The number of nitrogens with one attached hydrogen (secondary N) is 1. The first-order valence-corrected chi connectivity index (χ1v) is 5.82. The highest BCUT2D eigenvalue weighted by Crippen LogP contribution is 2.16. The van der Waals surface area contributed by atoms with Crippen molar-refractivity contribution in [2.24, 2.45) is 0 Å². The van der Waals surface area contributed by atoms with Crippen molar-refractivity contribution in [1.82, 2.24) is 9.36 Å². The third-order valence-electron chi connectivity index (χ3n) is 2.27. The molecule has 0 bridgehead atoms. The Morgan fingerprint density at radius 1 is 1.64 bits per heavy atom. The summed E-state index contributed by atoms with van der Waals surface area (Å²) in [6.45, 7) is 3.76. The zero-order valence-electron chi connectivity index (χ0n) is 8.32. The lowest BCUT2D eigenvalue weighted by atomic mass is 10.1. The molecule has 78 valence electrons. The SMILES string of the molecule is CCc1nsc(NC2CCCOC2)n1. The summed E-state index contributed by atoms with van der Waals surface area (Å²) in [4.78, 5) is 4.36. The highest BCUT2D eigenvalue weighted by molar-refractivity contribution is 7.09. The van der Waals surface area contributed by atoms with Crippen LogP contribution in [0.25, 0.3) is 0 Å². The zero-order chi connectivity index (χ0) is 9.80. The van der Waals surface area contributed by atoms with E-state index in [2.05, 4.69) is 21.6 Å². The van der Waals surface area contributed by atoms with E-state index in [0.29, 0.717) is 6.04 Å². The summed E-state index contributed by atoms with van der Waals surface area (Å²) in [5.41, 5.74) is 0. The van der Waals surface area contributed by atoms with Crippen LogP contribution in [0.15, 0.2) is 0 Å². The monoisotopic (exact) mass is 213 g/mol. The summed E-state index contributed by atoms with van der Waals surface area (Å²) in [5.74, 6) is 0.925. The molecule has 0 aliphatic carbocycles. The fourth-order valence-corrected chi connectivity index (χ4v) is 2.21. The van der Waals surface area contributed by atoms with E-state index in [1.54, 1.807) is 0 Å². The van der Waals surface area contributed by atoms with Gasteiger partial charge in [-0.05, 0) is 12.8 Å². The van der Waals surface area contributed by atoms with Crippen LogP contribution in [0.4, 0.5) is 5.13 Å². The highest BCUT2D eigenvalue weighted by atomic mass is 32.1. The summed E-state index contributed by atoms with van der Waals surface area (Å²) in [6.07, 6.45) is 3.21. The number of anilines is 1. The smallest absolute Gasteiger partial charge is 0.202 e. The Morgan fingerprint density at radius 3 is 3.21 bits per heavy atom. The van der Waals surface area contributed by atoms with E-state index in [0.717, 1.165) is 37.0 Å². The summed E-state index contributed by atoms with van der Waals surface area (Å²) >= 11 is 1.44. The van der Waals surface area contributed by atoms with Crippen molar-refractivity contribution in [3.8, 4) is 0 Å². The Morgan fingerprint density at radius 2 is 2.57 bits per heavy atom. The highest BCUT2D eigenvalue weighted by Gasteiger charge is 2.14. The standard InChI is InChI=1S/C9H15N3OS/c1-2-8-11-9(14-12-8)10-7-4-3-5-13-6-7/h7H,2-6H2,1H3,(H,10,11,12). The van der Waals surface area contributed by atoms with Gasteiger partial charge >= 0.3 is 0 Å². The van der Waals surface area contributed by atoms with Gasteiger partial charge in [-0.3, -0.25) is 0 Å². The van der Waals surface area contributed by atoms with Crippen molar-refractivity contribution >= 4 is 16.7 Å². The maximum absolute atomic E-state index is 5.38. The molecule has 4 nitrogen and oxygen atoms in total. The van der Waals surface area contributed by atoms with E-state index in [9.17, 15) is 0 Å². The van der Waals surface area contributed by atoms with Crippen LogP contribution in [-0.4, -0.2) is 28.6 Å². The molecule has 2 heterocycles. The molecule has 1 aromatic rings. The van der Waals surface area contributed by atoms with Gasteiger partial charge in [-0.1, -0.05) is 6.92 Å². The minimum absolute atomic E-state index is 0.418. The molecule has 5 heteroatoms. The minimum Gasteiger partial charge on any atom is -0.379 e. The van der Waals surface area contributed by atoms with Gasteiger partial charge in [0.15, 0.2) is 0 Å². The van der Waals surface area contributed by atoms with Gasteiger partial charge in [0.25, 0.3) is 0 Å². The van der Waals surface area contributed by atoms with E-state index in [1.165, 1.54) is 18.0 Å². The lowest BCUT2D eigenvalue weighted by Gasteiger charge is -2.22. The van der Waals surface area contributed by atoms with Gasteiger partial charge in [0.05, 0.1) is 12.6 Å². The number of aryl methyl sites for hydroxylation is 1. The molecule has 1 saturated heterocycles. The third kappa shape index (κ3) is 2.42. The molecule has 1 N–H and O–H groups in total.